The van der Waals surface area contributed by atoms with E-state index in [1.54, 1.807) is 0 Å². The van der Waals surface area contributed by atoms with E-state index in [1.165, 1.54) is 24.3 Å². The van der Waals surface area contributed by atoms with Crippen LogP contribution in [0.2, 0.25) is 0 Å². The van der Waals surface area contributed by atoms with Gasteiger partial charge in [-0.05, 0) is 54.9 Å². The number of primary amides is 1. The quantitative estimate of drug-likeness (QED) is 0.684. The summed E-state index contributed by atoms with van der Waals surface area (Å²) >= 11 is 0. The van der Waals surface area contributed by atoms with Crippen molar-refractivity contribution in [2.75, 3.05) is 11.9 Å². The molecule has 2 atom stereocenters. The lowest BCUT2D eigenvalue weighted by Gasteiger charge is -2.43. The van der Waals surface area contributed by atoms with Crippen molar-refractivity contribution in [3.05, 3.63) is 29.8 Å². The van der Waals surface area contributed by atoms with Crippen LogP contribution in [0.15, 0.2) is 24.3 Å². The molecule has 1 heterocycles. The summed E-state index contributed by atoms with van der Waals surface area (Å²) in [7, 11) is 0. The molecule has 4 N–H and O–H groups in total. The number of rotatable bonds is 4. The fourth-order valence-corrected chi connectivity index (χ4v) is 4.71. The molecule has 5 amide bonds. The lowest BCUT2D eigenvalue weighted by molar-refractivity contribution is -0.136. The van der Waals surface area contributed by atoms with E-state index in [4.69, 9.17) is 5.73 Å². The van der Waals surface area contributed by atoms with Crippen LogP contribution in [0.5, 0.6) is 0 Å². The largest absolute Gasteiger partial charge is 0.366 e. The molecular formula is C20H26N4O4. The van der Waals surface area contributed by atoms with Crippen molar-refractivity contribution in [2.45, 2.75) is 45.6 Å². The SMILES string of the molecule is C[C@H]1CC(C)(C)C[C@]2(C1)NC(=O)N(CC(=O)Nc1ccc(C(N)=O)cc1)C2=O. The van der Waals surface area contributed by atoms with Gasteiger partial charge in [0.25, 0.3) is 5.91 Å². The summed E-state index contributed by atoms with van der Waals surface area (Å²) in [5.74, 6) is -1.09. The highest BCUT2D eigenvalue weighted by Gasteiger charge is 2.56. The lowest BCUT2D eigenvalue weighted by Crippen LogP contribution is -2.54. The molecule has 1 saturated heterocycles. The zero-order valence-electron chi connectivity index (χ0n) is 16.4. The monoisotopic (exact) mass is 386 g/mol. The highest BCUT2D eigenvalue weighted by atomic mass is 16.2. The third kappa shape index (κ3) is 3.85. The van der Waals surface area contributed by atoms with Gasteiger partial charge in [-0.25, -0.2) is 4.79 Å². The van der Waals surface area contributed by atoms with Crippen LogP contribution in [-0.4, -0.2) is 40.7 Å². The molecule has 8 heteroatoms. The van der Waals surface area contributed by atoms with Gasteiger partial charge in [0.2, 0.25) is 11.8 Å². The number of hydrogen-bond donors (Lipinski definition) is 3. The van der Waals surface area contributed by atoms with E-state index in [0.717, 1.165) is 11.3 Å². The molecule has 28 heavy (non-hydrogen) atoms. The standard InChI is InChI=1S/C20H26N4O4/c1-12-8-19(2,3)11-20(9-12)17(27)24(18(28)23-20)10-15(25)22-14-6-4-13(5-7-14)16(21)26/h4-7,12H,8-11H2,1-3H3,(H2,21,26)(H,22,25)(H,23,28)/t12-,20-/m0/s1. The van der Waals surface area contributed by atoms with Gasteiger partial charge in [0.15, 0.2) is 0 Å². The van der Waals surface area contributed by atoms with Crippen LogP contribution >= 0.6 is 0 Å². The van der Waals surface area contributed by atoms with Gasteiger partial charge in [-0.1, -0.05) is 20.8 Å². The molecule has 0 bridgehead atoms. The number of nitrogens with one attached hydrogen (secondary N) is 2. The van der Waals surface area contributed by atoms with Crippen LogP contribution < -0.4 is 16.4 Å². The van der Waals surface area contributed by atoms with Crippen molar-refractivity contribution >= 4 is 29.4 Å². The topological polar surface area (TPSA) is 122 Å². The second kappa shape index (κ2) is 6.92. The lowest BCUT2D eigenvalue weighted by atomic mass is 9.64. The van der Waals surface area contributed by atoms with E-state index >= 15 is 0 Å². The molecule has 2 fully saturated rings. The van der Waals surface area contributed by atoms with Crippen LogP contribution in [0.1, 0.15) is 50.4 Å². The smallest absolute Gasteiger partial charge is 0.325 e. The number of carbonyl (C=O) groups excluding carboxylic acids is 4. The van der Waals surface area contributed by atoms with E-state index in [1.807, 2.05) is 0 Å². The average molecular weight is 386 g/mol. The summed E-state index contributed by atoms with van der Waals surface area (Å²) in [6.07, 6.45) is 2.12. The van der Waals surface area contributed by atoms with Gasteiger partial charge in [0.1, 0.15) is 12.1 Å². The van der Waals surface area contributed by atoms with Crippen molar-refractivity contribution < 1.29 is 19.2 Å². The fraction of sp³-hybridized carbons (Fsp3) is 0.500. The summed E-state index contributed by atoms with van der Waals surface area (Å²) < 4.78 is 0. The Labute approximate surface area is 163 Å². The summed E-state index contributed by atoms with van der Waals surface area (Å²) in [5.41, 5.74) is 4.96. The zero-order valence-corrected chi connectivity index (χ0v) is 16.4. The Bertz CT molecular complexity index is 833. The molecule has 3 rings (SSSR count). The van der Waals surface area contributed by atoms with E-state index < -0.39 is 23.4 Å². The maximum Gasteiger partial charge on any atom is 0.325 e. The van der Waals surface area contributed by atoms with E-state index in [0.29, 0.717) is 30.0 Å². The molecule has 0 radical (unpaired) electrons. The number of amides is 5. The van der Waals surface area contributed by atoms with Gasteiger partial charge >= 0.3 is 6.03 Å². The Morgan fingerprint density at radius 3 is 2.43 bits per heavy atom. The number of hydrogen-bond acceptors (Lipinski definition) is 4. The minimum absolute atomic E-state index is 0.0684. The summed E-state index contributed by atoms with van der Waals surface area (Å²) in [4.78, 5) is 49.9. The number of carbonyl (C=O) groups is 4. The molecule has 0 aromatic heterocycles. The minimum atomic E-state index is -0.929. The van der Waals surface area contributed by atoms with Crippen LogP contribution in [0.3, 0.4) is 0 Å². The Balaban J connectivity index is 1.68. The predicted octanol–water partition coefficient (Wildman–Crippen LogP) is 1.86. The average Bonchev–Trinajstić information content (AvgIpc) is 2.77. The first-order chi connectivity index (χ1) is 13.0. The van der Waals surface area contributed by atoms with Crippen molar-refractivity contribution in [3.8, 4) is 0 Å². The van der Waals surface area contributed by atoms with Crippen molar-refractivity contribution in [2.24, 2.45) is 17.1 Å². The number of nitrogens with zero attached hydrogens (tertiary/aromatic N) is 1. The summed E-state index contributed by atoms with van der Waals surface area (Å²) in [6.45, 7) is 5.90. The molecule has 1 saturated carbocycles. The van der Waals surface area contributed by atoms with Gasteiger partial charge in [-0.3, -0.25) is 19.3 Å². The molecule has 1 spiro atoms. The van der Waals surface area contributed by atoms with Crippen molar-refractivity contribution in [1.29, 1.82) is 0 Å². The first-order valence-corrected chi connectivity index (χ1v) is 9.35. The van der Waals surface area contributed by atoms with Crippen molar-refractivity contribution in [3.63, 3.8) is 0 Å². The maximum atomic E-state index is 13.0. The van der Waals surface area contributed by atoms with Crippen LogP contribution in [0.4, 0.5) is 10.5 Å². The van der Waals surface area contributed by atoms with E-state index in [-0.39, 0.29) is 17.9 Å². The molecule has 0 unspecified atom stereocenters. The Morgan fingerprint density at radius 2 is 1.86 bits per heavy atom. The first kappa shape index (κ1) is 19.9. The minimum Gasteiger partial charge on any atom is -0.366 e. The van der Waals surface area contributed by atoms with Crippen LogP contribution in [-0.2, 0) is 9.59 Å². The Kier molecular flexibility index (Phi) is 4.91. The maximum absolute atomic E-state index is 13.0. The molecule has 150 valence electrons. The van der Waals surface area contributed by atoms with E-state index in [2.05, 4.69) is 31.4 Å². The van der Waals surface area contributed by atoms with Crippen molar-refractivity contribution in [1.82, 2.24) is 10.2 Å². The first-order valence-electron chi connectivity index (χ1n) is 9.35. The van der Waals surface area contributed by atoms with Gasteiger partial charge < -0.3 is 16.4 Å². The molecule has 1 aromatic rings. The number of imide groups is 1. The highest BCUT2D eigenvalue weighted by molar-refractivity contribution is 6.10. The third-order valence-corrected chi connectivity index (χ3v) is 5.38. The zero-order chi connectivity index (χ0) is 20.7. The third-order valence-electron chi connectivity index (χ3n) is 5.38. The van der Waals surface area contributed by atoms with Gasteiger partial charge in [0, 0.05) is 11.3 Å². The van der Waals surface area contributed by atoms with Gasteiger partial charge in [-0.2, -0.15) is 0 Å². The summed E-state index contributed by atoms with van der Waals surface area (Å²) in [6, 6.07) is 5.53. The molecular weight excluding hydrogens is 360 g/mol. The molecule has 8 nitrogen and oxygen atoms in total. The number of urea groups is 1. The second-order valence-electron chi connectivity index (χ2n) is 8.75. The molecule has 2 aliphatic rings. The highest BCUT2D eigenvalue weighted by Crippen LogP contribution is 2.46. The number of nitrogens with two attached hydrogens (primary N) is 1. The van der Waals surface area contributed by atoms with Crippen LogP contribution in [0.25, 0.3) is 0 Å². The van der Waals surface area contributed by atoms with Gasteiger partial charge in [-0.15, -0.1) is 0 Å². The number of benzene rings is 1. The Hall–Kier alpha value is -2.90. The molecule has 1 aliphatic heterocycles. The summed E-state index contributed by atoms with van der Waals surface area (Å²) in [5, 5.41) is 5.48. The predicted molar refractivity (Wildman–Crippen MR) is 103 cm³/mol. The van der Waals surface area contributed by atoms with Crippen LogP contribution in [0, 0.1) is 11.3 Å². The number of anilines is 1. The normalized spacial score (nSPS) is 26.2. The Morgan fingerprint density at radius 1 is 1.21 bits per heavy atom. The van der Waals surface area contributed by atoms with Gasteiger partial charge in [0.05, 0.1) is 0 Å². The fourth-order valence-electron chi connectivity index (χ4n) is 4.71. The van der Waals surface area contributed by atoms with E-state index in [9.17, 15) is 19.2 Å². The molecule has 1 aliphatic carbocycles. The second-order valence-corrected chi connectivity index (χ2v) is 8.75. The molecule has 1 aromatic carbocycles.